The minimum atomic E-state index is -0.419. The van der Waals surface area contributed by atoms with E-state index in [0.29, 0.717) is 34.3 Å². The molecule has 0 aliphatic carbocycles. The zero-order chi connectivity index (χ0) is 12.4. The average molecular weight is 252 g/mol. The first kappa shape index (κ1) is 11.8. The fraction of sp³-hybridized carbons (Fsp3) is 0.167. The van der Waals surface area contributed by atoms with E-state index in [-0.39, 0.29) is 0 Å². The first-order chi connectivity index (χ1) is 8.10. The van der Waals surface area contributed by atoms with Crippen molar-refractivity contribution in [2.45, 2.75) is 13.3 Å². The molecule has 5 heteroatoms. The molecular formula is C12H11ClFN3. The highest BCUT2D eigenvalue weighted by molar-refractivity contribution is 6.30. The molecular weight excluding hydrogens is 241 g/mol. The van der Waals surface area contributed by atoms with Gasteiger partial charge in [-0.15, -0.1) is 0 Å². The maximum atomic E-state index is 13.7. The Labute approximate surface area is 103 Å². The summed E-state index contributed by atoms with van der Waals surface area (Å²) < 4.78 is 13.7. The molecule has 0 fully saturated rings. The number of benzene rings is 1. The number of nitrogens with two attached hydrogens (primary N) is 1. The maximum Gasteiger partial charge on any atom is 0.134 e. The average Bonchev–Trinajstić information content (AvgIpc) is 2.28. The zero-order valence-corrected chi connectivity index (χ0v) is 10.0. The van der Waals surface area contributed by atoms with Gasteiger partial charge in [0.05, 0.1) is 5.69 Å². The Bertz CT molecular complexity index is 557. The summed E-state index contributed by atoms with van der Waals surface area (Å²) in [5.74, 6) is 0.508. The number of hydrogen-bond acceptors (Lipinski definition) is 3. The van der Waals surface area contributed by atoms with Crippen LogP contribution >= 0.6 is 11.6 Å². The topological polar surface area (TPSA) is 51.8 Å². The summed E-state index contributed by atoms with van der Waals surface area (Å²) >= 11 is 5.70. The number of halogens is 2. The van der Waals surface area contributed by atoms with Gasteiger partial charge in [0.1, 0.15) is 17.5 Å². The number of hydrogen-bond donors (Lipinski definition) is 1. The summed E-state index contributed by atoms with van der Waals surface area (Å²) in [6, 6.07) is 6.00. The highest BCUT2D eigenvalue weighted by Crippen LogP contribution is 2.24. The highest BCUT2D eigenvalue weighted by Gasteiger charge is 2.09. The SMILES string of the molecule is CCc1nc(N)cc(-c2ccc(Cl)cc2F)n1. The van der Waals surface area contributed by atoms with Crippen LogP contribution in [0, 0.1) is 5.82 Å². The number of nitrogen functional groups attached to an aromatic ring is 1. The Morgan fingerprint density at radius 1 is 1.29 bits per heavy atom. The van der Waals surface area contributed by atoms with Crippen molar-refractivity contribution in [2.75, 3.05) is 5.73 Å². The molecule has 0 radical (unpaired) electrons. The lowest BCUT2D eigenvalue weighted by atomic mass is 10.1. The van der Waals surface area contributed by atoms with Crippen LogP contribution in [-0.4, -0.2) is 9.97 Å². The second-order valence-corrected chi connectivity index (χ2v) is 4.01. The summed E-state index contributed by atoms with van der Waals surface area (Å²) in [6.07, 6.45) is 0.646. The minimum Gasteiger partial charge on any atom is -0.384 e. The van der Waals surface area contributed by atoms with E-state index in [4.69, 9.17) is 17.3 Å². The number of anilines is 1. The van der Waals surface area contributed by atoms with Gasteiger partial charge in [-0.1, -0.05) is 18.5 Å². The van der Waals surface area contributed by atoms with Crippen molar-refractivity contribution in [3.63, 3.8) is 0 Å². The van der Waals surface area contributed by atoms with E-state index in [0.717, 1.165) is 0 Å². The second kappa shape index (κ2) is 4.67. The van der Waals surface area contributed by atoms with Crippen LogP contribution in [-0.2, 0) is 6.42 Å². The molecule has 1 aromatic heterocycles. The molecule has 0 saturated heterocycles. The Balaban J connectivity index is 2.55. The molecule has 88 valence electrons. The Morgan fingerprint density at radius 3 is 2.71 bits per heavy atom. The highest BCUT2D eigenvalue weighted by atomic mass is 35.5. The molecule has 0 unspecified atom stereocenters. The van der Waals surface area contributed by atoms with Gasteiger partial charge in [-0.2, -0.15) is 0 Å². The van der Waals surface area contributed by atoms with Crippen LogP contribution in [0.25, 0.3) is 11.3 Å². The third-order valence-corrected chi connectivity index (χ3v) is 2.55. The Morgan fingerprint density at radius 2 is 2.06 bits per heavy atom. The standard InChI is InChI=1S/C12H11ClFN3/c1-2-12-16-10(6-11(15)17-12)8-4-3-7(13)5-9(8)14/h3-6H,2H2,1H3,(H2,15,16,17). The number of rotatable bonds is 2. The van der Waals surface area contributed by atoms with Crippen molar-refractivity contribution in [3.05, 3.63) is 40.9 Å². The predicted molar refractivity (Wildman–Crippen MR) is 66.2 cm³/mol. The molecule has 17 heavy (non-hydrogen) atoms. The fourth-order valence-corrected chi connectivity index (χ4v) is 1.67. The monoisotopic (exact) mass is 251 g/mol. The van der Waals surface area contributed by atoms with Crippen molar-refractivity contribution in [2.24, 2.45) is 0 Å². The minimum absolute atomic E-state index is 0.334. The summed E-state index contributed by atoms with van der Waals surface area (Å²) in [5.41, 5.74) is 6.50. The molecule has 0 amide bonds. The van der Waals surface area contributed by atoms with Crippen LogP contribution in [0.5, 0.6) is 0 Å². The van der Waals surface area contributed by atoms with Gasteiger partial charge in [0, 0.05) is 23.1 Å². The van der Waals surface area contributed by atoms with Gasteiger partial charge in [0.15, 0.2) is 0 Å². The van der Waals surface area contributed by atoms with E-state index >= 15 is 0 Å². The fourth-order valence-electron chi connectivity index (χ4n) is 1.51. The Kier molecular flexibility index (Phi) is 3.24. The van der Waals surface area contributed by atoms with E-state index in [9.17, 15) is 4.39 Å². The van der Waals surface area contributed by atoms with Gasteiger partial charge in [0.25, 0.3) is 0 Å². The molecule has 0 spiro atoms. The molecule has 1 heterocycles. The number of nitrogens with zero attached hydrogens (tertiary/aromatic N) is 2. The molecule has 0 saturated carbocycles. The van der Waals surface area contributed by atoms with Crippen molar-refractivity contribution in [1.82, 2.24) is 9.97 Å². The van der Waals surface area contributed by atoms with Crippen LogP contribution in [0.3, 0.4) is 0 Å². The van der Waals surface area contributed by atoms with E-state index < -0.39 is 5.82 Å². The van der Waals surface area contributed by atoms with Crippen LogP contribution in [0.4, 0.5) is 10.2 Å². The number of aryl methyl sites for hydroxylation is 1. The molecule has 0 atom stereocenters. The molecule has 0 aliphatic rings. The van der Waals surface area contributed by atoms with Crippen LogP contribution < -0.4 is 5.73 Å². The molecule has 2 aromatic rings. The lowest BCUT2D eigenvalue weighted by molar-refractivity contribution is 0.630. The van der Waals surface area contributed by atoms with Crippen molar-refractivity contribution < 1.29 is 4.39 Å². The van der Waals surface area contributed by atoms with Crippen molar-refractivity contribution in [1.29, 1.82) is 0 Å². The van der Waals surface area contributed by atoms with Gasteiger partial charge in [0.2, 0.25) is 0 Å². The largest absolute Gasteiger partial charge is 0.384 e. The van der Waals surface area contributed by atoms with E-state index in [2.05, 4.69) is 9.97 Å². The van der Waals surface area contributed by atoms with Gasteiger partial charge in [-0.25, -0.2) is 14.4 Å². The second-order valence-electron chi connectivity index (χ2n) is 3.57. The molecule has 0 aliphatic heterocycles. The lowest BCUT2D eigenvalue weighted by Gasteiger charge is -2.06. The summed E-state index contributed by atoms with van der Waals surface area (Å²) in [6.45, 7) is 1.91. The summed E-state index contributed by atoms with van der Waals surface area (Å²) in [4.78, 5) is 8.28. The van der Waals surface area contributed by atoms with Gasteiger partial charge >= 0.3 is 0 Å². The van der Waals surface area contributed by atoms with E-state index in [1.54, 1.807) is 18.2 Å². The van der Waals surface area contributed by atoms with E-state index in [1.807, 2.05) is 6.92 Å². The van der Waals surface area contributed by atoms with Gasteiger partial charge in [-0.3, -0.25) is 0 Å². The van der Waals surface area contributed by atoms with Crippen molar-refractivity contribution in [3.8, 4) is 11.3 Å². The molecule has 0 bridgehead atoms. The Hall–Kier alpha value is -1.68. The molecule has 1 aromatic carbocycles. The van der Waals surface area contributed by atoms with Gasteiger partial charge < -0.3 is 5.73 Å². The van der Waals surface area contributed by atoms with Crippen molar-refractivity contribution >= 4 is 17.4 Å². The first-order valence-corrected chi connectivity index (χ1v) is 5.57. The van der Waals surface area contributed by atoms with Gasteiger partial charge in [-0.05, 0) is 18.2 Å². The summed E-state index contributed by atoms with van der Waals surface area (Å²) in [7, 11) is 0. The quantitative estimate of drug-likeness (QED) is 0.892. The van der Waals surface area contributed by atoms with Crippen LogP contribution in [0.1, 0.15) is 12.7 Å². The van der Waals surface area contributed by atoms with Crippen LogP contribution in [0.15, 0.2) is 24.3 Å². The third kappa shape index (κ3) is 2.53. The maximum absolute atomic E-state index is 13.7. The molecule has 2 rings (SSSR count). The summed E-state index contributed by atoms with van der Waals surface area (Å²) in [5, 5.41) is 0.351. The smallest absolute Gasteiger partial charge is 0.134 e. The van der Waals surface area contributed by atoms with Crippen LogP contribution in [0.2, 0.25) is 5.02 Å². The van der Waals surface area contributed by atoms with E-state index in [1.165, 1.54) is 6.07 Å². The predicted octanol–water partition coefficient (Wildman–Crippen LogP) is 3.08. The third-order valence-electron chi connectivity index (χ3n) is 2.32. The zero-order valence-electron chi connectivity index (χ0n) is 9.24. The molecule has 2 N–H and O–H groups in total. The first-order valence-electron chi connectivity index (χ1n) is 5.19. The normalized spacial score (nSPS) is 10.5. The lowest BCUT2D eigenvalue weighted by Crippen LogP contribution is -2.00. The number of aromatic nitrogens is 2. The molecule has 3 nitrogen and oxygen atoms in total.